The lowest BCUT2D eigenvalue weighted by Gasteiger charge is -2.54. The lowest BCUT2D eigenvalue weighted by atomic mass is 9.54. The molecule has 2 aliphatic heterocycles. The third kappa shape index (κ3) is 3.84. The molecule has 4 nitrogen and oxygen atoms in total. The van der Waals surface area contributed by atoms with E-state index in [0.29, 0.717) is 12.0 Å². The molecular formula is C21H30N2O2. The number of nitrogens with zero attached hydrogens (tertiary/aromatic N) is 1. The van der Waals surface area contributed by atoms with E-state index < -0.39 is 0 Å². The number of carbonyl (C=O) groups is 1. The number of hydrogen-bond acceptors (Lipinski definition) is 3. The van der Waals surface area contributed by atoms with Crippen molar-refractivity contribution >= 4 is 6.09 Å². The first-order valence-corrected chi connectivity index (χ1v) is 9.90. The van der Waals surface area contributed by atoms with Crippen LogP contribution in [0.2, 0.25) is 0 Å². The number of likely N-dealkylation sites (tertiary alicyclic amines) is 1. The minimum atomic E-state index is -0.147. The minimum Gasteiger partial charge on any atom is -0.445 e. The van der Waals surface area contributed by atoms with Crippen LogP contribution in [0.25, 0.3) is 0 Å². The fraction of sp³-hybridized carbons (Fsp3) is 0.667. The summed E-state index contributed by atoms with van der Waals surface area (Å²) in [6.45, 7) is 4.52. The molecule has 4 heteroatoms. The van der Waals surface area contributed by atoms with E-state index in [1.165, 1.54) is 38.8 Å². The fourth-order valence-electron chi connectivity index (χ4n) is 5.12. The van der Waals surface area contributed by atoms with Gasteiger partial charge in [-0.25, -0.2) is 4.79 Å². The topological polar surface area (TPSA) is 41.6 Å². The molecule has 136 valence electrons. The molecule has 1 amide bonds. The van der Waals surface area contributed by atoms with E-state index in [0.717, 1.165) is 43.3 Å². The molecule has 25 heavy (non-hydrogen) atoms. The minimum absolute atomic E-state index is 0.147. The van der Waals surface area contributed by atoms with Crippen molar-refractivity contribution in [3.8, 4) is 0 Å². The molecule has 1 aliphatic carbocycles. The molecule has 1 saturated carbocycles. The van der Waals surface area contributed by atoms with Crippen LogP contribution in [0.4, 0.5) is 4.79 Å². The van der Waals surface area contributed by atoms with Crippen LogP contribution in [0.5, 0.6) is 0 Å². The Morgan fingerprint density at radius 2 is 1.76 bits per heavy atom. The van der Waals surface area contributed by atoms with Gasteiger partial charge in [-0.05, 0) is 74.4 Å². The Morgan fingerprint density at radius 3 is 2.44 bits per heavy atom. The number of piperidine rings is 2. The zero-order valence-corrected chi connectivity index (χ0v) is 15.1. The smallest absolute Gasteiger partial charge is 0.410 e. The van der Waals surface area contributed by atoms with E-state index in [4.69, 9.17) is 4.74 Å². The summed E-state index contributed by atoms with van der Waals surface area (Å²) in [6.07, 6.45) is 7.75. The van der Waals surface area contributed by atoms with Crippen LogP contribution in [-0.4, -0.2) is 37.2 Å². The summed E-state index contributed by atoms with van der Waals surface area (Å²) in [5.41, 5.74) is 1.72. The summed E-state index contributed by atoms with van der Waals surface area (Å²) >= 11 is 0. The average molecular weight is 342 g/mol. The highest BCUT2D eigenvalue weighted by Gasteiger charge is 2.47. The second kappa shape index (κ2) is 7.36. The normalized spacial score (nSPS) is 24.1. The molecule has 2 saturated heterocycles. The Hall–Kier alpha value is -1.55. The van der Waals surface area contributed by atoms with Crippen LogP contribution in [0.1, 0.15) is 44.1 Å². The number of hydrogen-bond donors (Lipinski definition) is 1. The molecule has 3 aliphatic rings. The van der Waals surface area contributed by atoms with Crippen LogP contribution in [-0.2, 0) is 11.3 Å². The third-order valence-corrected chi connectivity index (χ3v) is 6.72. The van der Waals surface area contributed by atoms with Gasteiger partial charge in [-0.2, -0.15) is 0 Å². The molecule has 1 N–H and O–H groups in total. The second-order valence-electron chi connectivity index (χ2n) is 8.28. The molecule has 0 bridgehead atoms. The number of benzene rings is 1. The molecule has 0 radical (unpaired) electrons. The lowest BCUT2D eigenvalue weighted by molar-refractivity contribution is -0.0265. The molecule has 1 spiro atoms. The number of ether oxygens (including phenoxy) is 1. The Kier molecular flexibility index (Phi) is 4.98. The number of amides is 1. The van der Waals surface area contributed by atoms with Gasteiger partial charge in [0.15, 0.2) is 0 Å². The van der Waals surface area contributed by atoms with Gasteiger partial charge in [-0.15, -0.1) is 0 Å². The average Bonchev–Trinajstić information content (AvgIpc) is 2.66. The van der Waals surface area contributed by atoms with Crippen molar-refractivity contribution in [2.24, 2.45) is 17.3 Å². The van der Waals surface area contributed by atoms with Gasteiger partial charge in [0.25, 0.3) is 0 Å². The monoisotopic (exact) mass is 342 g/mol. The van der Waals surface area contributed by atoms with Gasteiger partial charge in [0.05, 0.1) is 0 Å². The van der Waals surface area contributed by atoms with E-state index in [1.54, 1.807) is 0 Å². The highest BCUT2D eigenvalue weighted by atomic mass is 16.6. The van der Waals surface area contributed by atoms with Crippen LogP contribution >= 0.6 is 0 Å². The zero-order chi connectivity index (χ0) is 17.1. The highest BCUT2D eigenvalue weighted by Crippen LogP contribution is 2.55. The van der Waals surface area contributed by atoms with Crippen molar-refractivity contribution in [1.82, 2.24) is 10.2 Å². The molecule has 2 heterocycles. The lowest BCUT2D eigenvalue weighted by Crippen LogP contribution is -2.49. The van der Waals surface area contributed by atoms with Crippen LogP contribution < -0.4 is 5.32 Å². The van der Waals surface area contributed by atoms with E-state index >= 15 is 0 Å². The molecule has 3 fully saturated rings. The summed E-state index contributed by atoms with van der Waals surface area (Å²) in [5, 5.41) is 3.49. The van der Waals surface area contributed by atoms with Crippen molar-refractivity contribution in [1.29, 1.82) is 0 Å². The van der Waals surface area contributed by atoms with Crippen LogP contribution in [0.3, 0.4) is 0 Å². The van der Waals surface area contributed by atoms with Crippen molar-refractivity contribution in [3.63, 3.8) is 0 Å². The number of rotatable bonds is 3. The predicted octanol–water partition coefficient (Wildman–Crippen LogP) is 3.82. The molecule has 0 aromatic heterocycles. The third-order valence-electron chi connectivity index (χ3n) is 6.72. The maximum Gasteiger partial charge on any atom is 0.410 e. The number of nitrogens with one attached hydrogen (secondary N) is 1. The van der Waals surface area contributed by atoms with E-state index in [9.17, 15) is 4.79 Å². The fourth-order valence-corrected chi connectivity index (χ4v) is 5.12. The zero-order valence-electron chi connectivity index (χ0n) is 15.1. The van der Waals surface area contributed by atoms with E-state index in [-0.39, 0.29) is 6.09 Å². The molecule has 1 aromatic rings. The van der Waals surface area contributed by atoms with Gasteiger partial charge in [0.1, 0.15) is 6.61 Å². The molecule has 4 rings (SSSR count). The quantitative estimate of drug-likeness (QED) is 0.908. The maximum absolute atomic E-state index is 12.3. The standard InChI is InChI=1S/C21H30N2O2/c24-20(25-16-17-4-2-1-3-5-17)23-12-6-18(7-13-23)19-14-21(15-19)8-10-22-11-9-21/h1-5,18-19,22H,6-16H2. The highest BCUT2D eigenvalue weighted by molar-refractivity contribution is 5.67. The molecule has 1 aromatic carbocycles. The SMILES string of the molecule is O=C(OCc1ccccc1)N1CCC(C2CC3(CCNCC3)C2)CC1. The first kappa shape index (κ1) is 16.9. The summed E-state index contributed by atoms with van der Waals surface area (Å²) < 4.78 is 5.47. The summed E-state index contributed by atoms with van der Waals surface area (Å²) in [6, 6.07) is 9.91. The van der Waals surface area contributed by atoms with Gasteiger partial charge >= 0.3 is 6.09 Å². The molecular weight excluding hydrogens is 312 g/mol. The van der Waals surface area contributed by atoms with Gasteiger partial charge in [-0.3, -0.25) is 0 Å². The van der Waals surface area contributed by atoms with Crippen molar-refractivity contribution in [2.75, 3.05) is 26.2 Å². The van der Waals surface area contributed by atoms with Crippen molar-refractivity contribution < 1.29 is 9.53 Å². The second-order valence-corrected chi connectivity index (χ2v) is 8.28. The predicted molar refractivity (Wildman–Crippen MR) is 98.2 cm³/mol. The summed E-state index contributed by atoms with van der Waals surface area (Å²) in [4.78, 5) is 14.2. The number of carbonyl (C=O) groups excluding carboxylic acids is 1. The van der Waals surface area contributed by atoms with Crippen LogP contribution in [0.15, 0.2) is 30.3 Å². The van der Waals surface area contributed by atoms with E-state index in [1.807, 2.05) is 35.2 Å². The van der Waals surface area contributed by atoms with Crippen molar-refractivity contribution in [2.45, 2.75) is 45.1 Å². The van der Waals surface area contributed by atoms with Gasteiger partial charge < -0.3 is 15.0 Å². The van der Waals surface area contributed by atoms with Crippen molar-refractivity contribution in [3.05, 3.63) is 35.9 Å². The Morgan fingerprint density at radius 1 is 1.08 bits per heavy atom. The first-order chi connectivity index (χ1) is 12.2. The van der Waals surface area contributed by atoms with Crippen LogP contribution in [0, 0.1) is 17.3 Å². The first-order valence-electron chi connectivity index (χ1n) is 9.90. The van der Waals surface area contributed by atoms with E-state index in [2.05, 4.69) is 5.32 Å². The maximum atomic E-state index is 12.3. The molecule has 0 unspecified atom stereocenters. The Bertz CT molecular complexity index is 567. The van der Waals surface area contributed by atoms with Gasteiger partial charge in [0, 0.05) is 13.1 Å². The summed E-state index contributed by atoms with van der Waals surface area (Å²) in [7, 11) is 0. The Balaban J connectivity index is 1.19. The van der Waals surface area contributed by atoms with Gasteiger partial charge in [-0.1, -0.05) is 30.3 Å². The molecule has 0 atom stereocenters. The Labute approximate surface area is 150 Å². The summed E-state index contributed by atoms with van der Waals surface area (Å²) in [5.74, 6) is 1.72. The van der Waals surface area contributed by atoms with Gasteiger partial charge in [0.2, 0.25) is 0 Å². The largest absolute Gasteiger partial charge is 0.445 e.